The molecule has 1 N–H and O–H groups in total. The summed E-state index contributed by atoms with van der Waals surface area (Å²) < 4.78 is 11.9. The van der Waals surface area contributed by atoms with Crippen molar-refractivity contribution in [3.63, 3.8) is 0 Å². The van der Waals surface area contributed by atoms with E-state index in [0.29, 0.717) is 17.1 Å². The first-order valence-corrected chi connectivity index (χ1v) is 12.0. The molecule has 4 rings (SSSR count). The van der Waals surface area contributed by atoms with E-state index in [9.17, 15) is 19.5 Å². The van der Waals surface area contributed by atoms with E-state index in [-0.39, 0.29) is 44.0 Å². The fourth-order valence-corrected chi connectivity index (χ4v) is 6.30. The predicted octanol–water partition coefficient (Wildman–Crippen LogP) is 2.43. The van der Waals surface area contributed by atoms with Crippen molar-refractivity contribution in [2.75, 3.05) is 31.2 Å². The average molecular weight is 491 g/mol. The van der Waals surface area contributed by atoms with Crippen LogP contribution in [-0.4, -0.2) is 71.3 Å². The van der Waals surface area contributed by atoms with Crippen molar-refractivity contribution in [3.8, 4) is 0 Å². The van der Waals surface area contributed by atoms with Crippen molar-refractivity contribution in [2.24, 2.45) is 17.8 Å². The molecule has 0 saturated carbocycles. The van der Waals surface area contributed by atoms with Gasteiger partial charge in [0.2, 0.25) is 5.91 Å². The van der Waals surface area contributed by atoms with Crippen molar-refractivity contribution in [2.45, 2.75) is 44.4 Å². The minimum Gasteiger partial charge on any atom is -0.466 e. The number of likely N-dealkylation sites (tertiary alicyclic amines) is 1. The fraction of sp³-hybridized carbons (Fsp3) is 0.560. The van der Waals surface area contributed by atoms with Gasteiger partial charge < -0.3 is 24.4 Å². The lowest BCUT2D eigenvalue weighted by atomic mass is 9.62. The van der Waals surface area contributed by atoms with Crippen LogP contribution in [0.1, 0.15) is 27.2 Å². The molecule has 2 amide bonds. The zero-order chi connectivity index (χ0) is 24.8. The largest absolute Gasteiger partial charge is 0.466 e. The normalized spacial score (nSPS) is 33.7. The first-order valence-electron chi connectivity index (χ1n) is 11.6. The summed E-state index contributed by atoms with van der Waals surface area (Å²) in [6.07, 6.45) is 2.05. The standard InChI is InChI=1S/C25H31ClN2O6/c1-5-11-27(17-9-7-16(26)8-10-17)22(31)20-25-14-15(3)24(4,34-25)19(23(32)33-6-2)18(25)21(30)28(20)12-13-29/h5,7-10,15,18-20,29H,1,6,11-14H2,2-4H3/t15?,18-,19+,20?,24-,25?/m0/s1. The molecular formula is C25H31ClN2O6. The van der Waals surface area contributed by atoms with E-state index in [0.717, 1.165) is 0 Å². The molecule has 1 spiro atoms. The molecule has 3 unspecified atom stereocenters. The van der Waals surface area contributed by atoms with Gasteiger partial charge in [0.25, 0.3) is 5.91 Å². The minimum absolute atomic E-state index is 0.0416. The second kappa shape index (κ2) is 8.98. The van der Waals surface area contributed by atoms with Crippen LogP contribution < -0.4 is 4.90 Å². The first-order chi connectivity index (χ1) is 16.2. The smallest absolute Gasteiger partial charge is 0.312 e. The summed E-state index contributed by atoms with van der Waals surface area (Å²) in [4.78, 5) is 43.9. The summed E-state index contributed by atoms with van der Waals surface area (Å²) in [6.45, 7) is 9.32. The van der Waals surface area contributed by atoms with Crippen LogP contribution in [0.2, 0.25) is 5.02 Å². The Morgan fingerprint density at radius 3 is 2.65 bits per heavy atom. The third-order valence-electron chi connectivity index (χ3n) is 7.65. The summed E-state index contributed by atoms with van der Waals surface area (Å²) in [7, 11) is 0. The number of amides is 2. The van der Waals surface area contributed by atoms with Gasteiger partial charge in [-0.15, -0.1) is 6.58 Å². The van der Waals surface area contributed by atoms with Gasteiger partial charge in [0.05, 0.1) is 24.7 Å². The number of rotatable bonds is 8. The van der Waals surface area contributed by atoms with Crippen molar-refractivity contribution in [1.82, 2.24) is 4.90 Å². The Morgan fingerprint density at radius 1 is 1.38 bits per heavy atom. The quantitative estimate of drug-likeness (QED) is 0.444. The van der Waals surface area contributed by atoms with Crippen molar-refractivity contribution in [3.05, 3.63) is 41.9 Å². The van der Waals surface area contributed by atoms with Crippen LogP contribution in [0.15, 0.2) is 36.9 Å². The third kappa shape index (κ3) is 3.46. The lowest BCUT2D eigenvalue weighted by molar-refractivity contribution is -0.161. The Kier molecular flexibility index (Phi) is 6.52. The molecule has 6 atom stereocenters. The Hall–Kier alpha value is -2.42. The SMILES string of the molecule is C=CCN(C(=O)C1N(CCO)C(=O)[C@@H]2[C@H](C(=O)OCC)[C@@]3(C)OC12CC3C)c1ccc(Cl)cc1. The molecule has 0 radical (unpaired) electrons. The summed E-state index contributed by atoms with van der Waals surface area (Å²) in [5.41, 5.74) is -1.53. The number of ether oxygens (including phenoxy) is 2. The van der Waals surface area contributed by atoms with E-state index in [2.05, 4.69) is 6.58 Å². The maximum atomic E-state index is 14.2. The maximum Gasteiger partial charge on any atom is 0.312 e. The number of halogens is 1. The minimum atomic E-state index is -1.19. The molecule has 34 heavy (non-hydrogen) atoms. The molecule has 3 heterocycles. The summed E-state index contributed by atoms with van der Waals surface area (Å²) >= 11 is 6.04. The number of carbonyl (C=O) groups excluding carboxylic acids is 3. The molecule has 184 valence electrons. The highest BCUT2D eigenvalue weighted by Crippen LogP contribution is 2.65. The van der Waals surface area contributed by atoms with Gasteiger partial charge in [-0.1, -0.05) is 24.6 Å². The lowest BCUT2D eigenvalue weighted by Gasteiger charge is -2.37. The summed E-state index contributed by atoms with van der Waals surface area (Å²) in [5.74, 6) is -2.98. The number of esters is 1. The van der Waals surface area contributed by atoms with Crippen LogP contribution in [0.5, 0.6) is 0 Å². The molecule has 3 saturated heterocycles. The van der Waals surface area contributed by atoms with Crippen LogP contribution >= 0.6 is 11.6 Å². The Labute approximate surface area is 204 Å². The van der Waals surface area contributed by atoms with E-state index in [1.165, 1.54) is 9.80 Å². The fourth-order valence-electron chi connectivity index (χ4n) is 6.18. The second-order valence-corrected chi connectivity index (χ2v) is 9.86. The monoisotopic (exact) mass is 490 g/mol. The molecule has 3 aliphatic heterocycles. The van der Waals surface area contributed by atoms with Crippen LogP contribution in [0.3, 0.4) is 0 Å². The summed E-state index contributed by atoms with van der Waals surface area (Å²) in [5, 5.41) is 10.3. The van der Waals surface area contributed by atoms with Gasteiger partial charge in [0.1, 0.15) is 17.6 Å². The molecule has 3 fully saturated rings. The molecule has 8 nitrogen and oxygen atoms in total. The van der Waals surface area contributed by atoms with Gasteiger partial charge in [-0.2, -0.15) is 0 Å². The number of fused-ring (bicyclic) bond motifs is 1. The van der Waals surface area contributed by atoms with Crippen LogP contribution in [0, 0.1) is 17.8 Å². The number of aliphatic hydroxyl groups excluding tert-OH is 1. The van der Waals surface area contributed by atoms with Crippen LogP contribution in [-0.2, 0) is 23.9 Å². The Morgan fingerprint density at radius 2 is 2.06 bits per heavy atom. The number of hydrogen-bond acceptors (Lipinski definition) is 6. The predicted molar refractivity (Wildman–Crippen MR) is 126 cm³/mol. The van der Waals surface area contributed by atoms with Gasteiger partial charge in [-0.3, -0.25) is 14.4 Å². The number of β-amino-alcohol motifs (C(OH)–C–C–N with tert-alkyl or cyclic N) is 1. The van der Waals surface area contributed by atoms with Crippen LogP contribution in [0.4, 0.5) is 5.69 Å². The van der Waals surface area contributed by atoms with Crippen molar-refractivity contribution in [1.29, 1.82) is 0 Å². The Bertz CT molecular complexity index is 1000. The van der Waals surface area contributed by atoms with Crippen LogP contribution in [0.25, 0.3) is 0 Å². The zero-order valence-corrected chi connectivity index (χ0v) is 20.5. The second-order valence-electron chi connectivity index (χ2n) is 9.43. The Balaban J connectivity index is 1.82. The number of anilines is 1. The van der Waals surface area contributed by atoms with Crippen molar-refractivity contribution >= 4 is 35.1 Å². The molecule has 3 aliphatic rings. The van der Waals surface area contributed by atoms with E-state index >= 15 is 0 Å². The molecule has 1 aromatic carbocycles. The molecule has 0 aromatic heterocycles. The van der Waals surface area contributed by atoms with E-state index in [1.54, 1.807) is 37.3 Å². The number of aliphatic hydroxyl groups is 1. The average Bonchev–Trinajstić information content (AvgIpc) is 3.30. The van der Waals surface area contributed by atoms with Gasteiger partial charge in [-0.05, 0) is 50.5 Å². The van der Waals surface area contributed by atoms with Gasteiger partial charge in [0.15, 0.2) is 0 Å². The van der Waals surface area contributed by atoms with E-state index in [1.807, 2.05) is 13.8 Å². The zero-order valence-electron chi connectivity index (χ0n) is 19.7. The molecule has 9 heteroatoms. The van der Waals surface area contributed by atoms with E-state index < -0.39 is 35.0 Å². The van der Waals surface area contributed by atoms with Gasteiger partial charge >= 0.3 is 5.97 Å². The maximum absolute atomic E-state index is 14.2. The third-order valence-corrected chi connectivity index (χ3v) is 7.90. The summed E-state index contributed by atoms with van der Waals surface area (Å²) in [6, 6.07) is 5.82. The molecule has 2 bridgehead atoms. The lowest BCUT2D eigenvalue weighted by Crippen LogP contribution is -2.57. The number of hydrogen-bond donors (Lipinski definition) is 1. The highest BCUT2D eigenvalue weighted by atomic mass is 35.5. The van der Waals surface area contributed by atoms with Gasteiger partial charge in [0, 0.05) is 23.8 Å². The van der Waals surface area contributed by atoms with Crippen molar-refractivity contribution < 1.29 is 29.0 Å². The highest BCUT2D eigenvalue weighted by Gasteiger charge is 2.80. The molecule has 0 aliphatic carbocycles. The van der Waals surface area contributed by atoms with E-state index in [4.69, 9.17) is 21.1 Å². The molecule has 1 aromatic rings. The number of benzene rings is 1. The number of carbonyl (C=O) groups is 3. The van der Waals surface area contributed by atoms with Gasteiger partial charge in [-0.25, -0.2) is 0 Å². The topological polar surface area (TPSA) is 96.4 Å². The first kappa shape index (κ1) is 24.7. The highest BCUT2D eigenvalue weighted by molar-refractivity contribution is 6.30. The number of nitrogens with zero attached hydrogens (tertiary/aromatic N) is 2. The molecular weight excluding hydrogens is 460 g/mol.